The molecule has 0 heterocycles. The molecule has 17 heavy (non-hydrogen) atoms. The SMILES string of the molecule is CC(C)S(=O)(=O)CCC(CN)(CO)CC1CC1. The second-order valence-electron chi connectivity index (χ2n) is 5.68. The number of hydrogen-bond donors (Lipinski definition) is 2. The van der Waals surface area contributed by atoms with Gasteiger partial charge in [0.25, 0.3) is 0 Å². The maximum atomic E-state index is 11.8. The van der Waals surface area contributed by atoms with Crippen LogP contribution in [0.4, 0.5) is 0 Å². The third-order valence-corrected chi connectivity index (χ3v) is 6.03. The van der Waals surface area contributed by atoms with Gasteiger partial charge in [0.1, 0.15) is 0 Å². The van der Waals surface area contributed by atoms with Crippen molar-refractivity contribution >= 4 is 9.84 Å². The fraction of sp³-hybridized carbons (Fsp3) is 1.00. The van der Waals surface area contributed by atoms with E-state index < -0.39 is 9.84 Å². The van der Waals surface area contributed by atoms with E-state index in [1.165, 1.54) is 12.8 Å². The van der Waals surface area contributed by atoms with Crippen molar-refractivity contribution in [3.63, 3.8) is 0 Å². The molecule has 0 radical (unpaired) electrons. The molecule has 3 N–H and O–H groups in total. The van der Waals surface area contributed by atoms with Crippen molar-refractivity contribution in [3.8, 4) is 0 Å². The molecule has 5 heteroatoms. The maximum Gasteiger partial charge on any atom is 0.152 e. The van der Waals surface area contributed by atoms with Crippen molar-refractivity contribution < 1.29 is 13.5 Å². The summed E-state index contributed by atoms with van der Waals surface area (Å²) >= 11 is 0. The highest BCUT2D eigenvalue weighted by Crippen LogP contribution is 2.41. The summed E-state index contributed by atoms with van der Waals surface area (Å²) in [5.41, 5.74) is 5.36. The van der Waals surface area contributed by atoms with Crippen molar-refractivity contribution in [1.82, 2.24) is 0 Å². The molecule has 1 fully saturated rings. The number of nitrogens with two attached hydrogens (primary N) is 1. The first-order chi connectivity index (χ1) is 7.85. The van der Waals surface area contributed by atoms with Crippen LogP contribution in [0.2, 0.25) is 0 Å². The number of hydrogen-bond acceptors (Lipinski definition) is 4. The first-order valence-electron chi connectivity index (χ1n) is 6.38. The van der Waals surface area contributed by atoms with Crippen LogP contribution in [-0.2, 0) is 9.84 Å². The lowest BCUT2D eigenvalue weighted by molar-refractivity contribution is 0.112. The zero-order valence-corrected chi connectivity index (χ0v) is 11.7. The Morgan fingerprint density at radius 1 is 1.41 bits per heavy atom. The van der Waals surface area contributed by atoms with E-state index in [4.69, 9.17) is 5.73 Å². The molecule has 102 valence electrons. The second-order valence-corrected chi connectivity index (χ2v) is 8.35. The monoisotopic (exact) mass is 263 g/mol. The molecule has 4 nitrogen and oxygen atoms in total. The molecular formula is C12H25NO3S. The van der Waals surface area contributed by atoms with Crippen molar-refractivity contribution in [2.75, 3.05) is 18.9 Å². The van der Waals surface area contributed by atoms with Gasteiger partial charge in [-0.05, 0) is 32.6 Å². The Morgan fingerprint density at radius 3 is 2.35 bits per heavy atom. The van der Waals surface area contributed by atoms with Crippen molar-refractivity contribution in [3.05, 3.63) is 0 Å². The number of aliphatic hydroxyl groups excluding tert-OH is 1. The zero-order valence-electron chi connectivity index (χ0n) is 10.9. The smallest absolute Gasteiger partial charge is 0.152 e. The highest BCUT2D eigenvalue weighted by molar-refractivity contribution is 7.91. The van der Waals surface area contributed by atoms with Gasteiger partial charge in [-0.25, -0.2) is 8.42 Å². The Bertz CT molecular complexity index is 330. The molecule has 1 saturated carbocycles. The summed E-state index contributed by atoms with van der Waals surface area (Å²) in [6.07, 6.45) is 3.74. The zero-order chi connectivity index (χ0) is 13.1. The van der Waals surface area contributed by atoms with Crippen LogP contribution in [0.25, 0.3) is 0 Å². The second kappa shape index (κ2) is 5.67. The lowest BCUT2D eigenvalue weighted by atomic mass is 9.81. The van der Waals surface area contributed by atoms with E-state index in [1.54, 1.807) is 13.8 Å². The van der Waals surface area contributed by atoms with Crippen molar-refractivity contribution in [2.45, 2.75) is 44.8 Å². The van der Waals surface area contributed by atoms with Gasteiger partial charge in [0.05, 0.1) is 11.0 Å². The topological polar surface area (TPSA) is 80.4 Å². The normalized spacial score (nSPS) is 20.5. The van der Waals surface area contributed by atoms with Gasteiger partial charge in [-0.2, -0.15) is 0 Å². The molecule has 0 aromatic rings. The summed E-state index contributed by atoms with van der Waals surface area (Å²) < 4.78 is 23.6. The molecule has 0 bridgehead atoms. The van der Waals surface area contributed by atoms with Crippen LogP contribution in [-0.4, -0.2) is 37.7 Å². The summed E-state index contributed by atoms with van der Waals surface area (Å²) in [5, 5.41) is 9.16. The Morgan fingerprint density at radius 2 is 2.00 bits per heavy atom. The quantitative estimate of drug-likeness (QED) is 0.683. The minimum atomic E-state index is -3.03. The molecule has 0 amide bonds. The van der Waals surface area contributed by atoms with E-state index in [0.717, 1.165) is 6.42 Å². The fourth-order valence-corrected chi connectivity index (χ4v) is 3.21. The molecule has 0 spiro atoms. The van der Waals surface area contributed by atoms with E-state index in [1.807, 2.05) is 0 Å². The van der Waals surface area contributed by atoms with E-state index in [2.05, 4.69) is 0 Å². The van der Waals surface area contributed by atoms with Crippen molar-refractivity contribution in [1.29, 1.82) is 0 Å². The first kappa shape index (κ1) is 14.9. The van der Waals surface area contributed by atoms with Gasteiger partial charge in [0.15, 0.2) is 9.84 Å². The Hall–Kier alpha value is -0.130. The third-order valence-electron chi connectivity index (χ3n) is 3.82. The van der Waals surface area contributed by atoms with Crippen LogP contribution in [0.15, 0.2) is 0 Å². The van der Waals surface area contributed by atoms with Gasteiger partial charge < -0.3 is 10.8 Å². The highest BCUT2D eigenvalue weighted by atomic mass is 32.2. The minimum absolute atomic E-state index is 0.00633. The molecule has 1 aliphatic rings. The summed E-state index contributed by atoms with van der Waals surface area (Å²) in [7, 11) is -3.03. The van der Waals surface area contributed by atoms with Crippen LogP contribution < -0.4 is 5.73 Å². The average Bonchev–Trinajstić information content (AvgIpc) is 3.08. The molecule has 1 unspecified atom stereocenters. The molecule has 1 aliphatic carbocycles. The first-order valence-corrected chi connectivity index (χ1v) is 8.09. The van der Waals surface area contributed by atoms with Gasteiger partial charge in [-0.15, -0.1) is 0 Å². The van der Waals surface area contributed by atoms with Crippen LogP contribution in [0.5, 0.6) is 0 Å². The molecule has 1 atom stereocenters. The molecule has 1 rings (SSSR count). The molecular weight excluding hydrogens is 238 g/mol. The minimum Gasteiger partial charge on any atom is -0.396 e. The van der Waals surface area contributed by atoms with Gasteiger partial charge >= 0.3 is 0 Å². The standard InChI is InChI=1S/C12H25NO3S/c1-10(2)17(15,16)6-5-12(8-13,9-14)7-11-3-4-11/h10-11,14H,3-9,13H2,1-2H3. The summed E-state index contributed by atoms with van der Waals surface area (Å²) in [4.78, 5) is 0. The Kier molecular flexibility index (Phi) is 4.98. The lowest BCUT2D eigenvalue weighted by Crippen LogP contribution is -2.37. The van der Waals surface area contributed by atoms with Gasteiger partial charge in [0.2, 0.25) is 0 Å². The predicted molar refractivity (Wildman–Crippen MR) is 69.5 cm³/mol. The van der Waals surface area contributed by atoms with E-state index in [-0.39, 0.29) is 23.0 Å². The fourth-order valence-electron chi connectivity index (χ4n) is 2.02. The number of rotatable bonds is 8. The van der Waals surface area contributed by atoms with Crippen LogP contribution in [0.3, 0.4) is 0 Å². The average molecular weight is 263 g/mol. The lowest BCUT2D eigenvalue weighted by Gasteiger charge is -2.30. The van der Waals surface area contributed by atoms with Crippen LogP contribution in [0.1, 0.15) is 39.5 Å². The van der Waals surface area contributed by atoms with Crippen LogP contribution >= 0.6 is 0 Å². The van der Waals surface area contributed by atoms with Gasteiger partial charge in [-0.3, -0.25) is 0 Å². The molecule has 0 aromatic heterocycles. The van der Waals surface area contributed by atoms with Gasteiger partial charge in [0, 0.05) is 18.6 Å². The van der Waals surface area contributed by atoms with E-state index >= 15 is 0 Å². The summed E-state index contributed by atoms with van der Waals surface area (Å²) in [6, 6.07) is 0. The summed E-state index contributed by atoms with van der Waals surface area (Å²) in [6.45, 7) is 3.75. The van der Waals surface area contributed by atoms with Crippen LogP contribution in [0, 0.1) is 11.3 Å². The molecule has 0 aromatic carbocycles. The number of aliphatic hydroxyl groups is 1. The highest BCUT2D eigenvalue weighted by Gasteiger charge is 2.36. The molecule has 0 aliphatic heterocycles. The van der Waals surface area contributed by atoms with Crippen molar-refractivity contribution in [2.24, 2.45) is 17.1 Å². The molecule has 0 saturated heterocycles. The Balaban J connectivity index is 2.60. The van der Waals surface area contributed by atoms with Gasteiger partial charge in [-0.1, -0.05) is 12.8 Å². The van der Waals surface area contributed by atoms with E-state index in [9.17, 15) is 13.5 Å². The third kappa shape index (κ3) is 4.23. The summed E-state index contributed by atoms with van der Waals surface area (Å²) in [5.74, 6) is 0.780. The Labute approximate surface area is 105 Å². The maximum absolute atomic E-state index is 11.8. The van der Waals surface area contributed by atoms with E-state index in [0.29, 0.717) is 18.9 Å². The number of sulfone groups is 1. The largest absolute Gasteiger partial charge is 0.396 e. The predicted octanol–water partition coefficient (Wildman–Crippen LogP) is 0.937.